The molecule has 0 aromatic heterocycles. The minimum atomic E-state index is -0.448. The van der Waals surface area contributed by atoms with Crippen molar-refractivity contribution in [3.05, 3.63) is 12.2 Å². The summed E-state index contributed by atoms with van der Waals surface area (Å²) in [6, 6.07) is 0. The van der Waals surface area contributed by atoms with Crippen LogP contribution in [0, 0.1) is 17.8 Å². The zero-order chi connectivity index (χ0) is 17.6. The zero-order valence-corrected chi connectivity index (χ0v) is 15.3. The Hall–Kier alpha value is -1.52. The zero-order valence-electron chi connectivity index (χ0n) is 15.3. The smallest absolute Gasteiger partial charge is 0.407 e. The van der Waals surface area contributed by atoms with Crippen LogP contribution in [0.25, 0.3) is 0 Å². The van der Waals surface area contributed by atoms with E-state index in [0.717, 1.165) is 38.6 Å². The third kappa shape index (κ3) is 6.17. The lowest BCUT2D eigenvalue weighted by Gasteiger charge is -2.19. The van der Waals surface area contributed by atoms with E-state index in [4.69, 9.17) is 4.74 Å². The first-order chi connectivity index (χ1) is 11.3. The number of carbonyl (C=O) groups excluding carboxylic acids is 2. The molecule has 2 aliphatic carbocycles. The van der Waals surface area contributed by atoms with Gasteiger partial charge in [0, 0.05) is 19.0 Å². The van der Waals surface area contributed by atoms with E-state index in [0.29, 0.717) is 18.4 Å². The Morgan fingerprint density at radius 1 is 1.00 bits per heavy atom. The third-order valence-corrected chi connectivity index (χ3v) is 4.69. The van der Waals surface area contributed by atoms with Crippen LogP contribution in [0.15, 0.2) is 12.2 Å². The summed E-state index contributed by atoms with van der Waals surface area (Å²) in [5.41, 5.74) is -0.448. The lowest BCUT2D eigenvalue weighted by molar-refractivity contribution is -0.125. The van der Waals surface area contributed by atoms with E-state index < -0.39 is 5.60 Å². The molecule has 2 aliphatic rings. The molecule has 0 heterocycles. The summed E-state index contributed by atoms with van der Waals surface area (Å²) in [7, 11) is 0. The highest BCUT2D eigenvalue weighted by molar-refractivity contribution is 5.79. The molecule has 2 amide bonds. The van der Waals surface area contributed by atoms with Crippen molar-refractivity contribution in [3.63, 3.8) is 0 Å². The molecule has 2 N–H and O–H groups in total. The second-order valence-electron chi connectivity index (χ2n) is 8.02. The number of fused-ring (bicyclic) bond motifs is 2. The van der Waals surface area contributed by atoms with Crippen molar-refractivity contribution in [1.29, 1.82) is 0 Å². The summed E-state index contributed by atoms with van der Waals surface area (Å²) in [5.74, 6) is 1.56. The third-order valence-electron chi connectivity index (χ3n) is 4.69. The number of carbonyl (C=O) groups is 2. The average Bonchev–Trinajstić information content (AvgIpc) is 3.10. The predicted octanol–water partition coefficient (Wildman–Crippen LogP) is 3.40. The van der Waals surface area contributed by atoms with Crippen LogP contribution in [-0.2, 0) is 9.53 Å². The number of ether oxygens (including phenoxy) is 1. The van der Waals surface area contributed by atoms with Gasteiger partial charge in [-0.1, -0.05) is 25.0 Å². The first-order valence-corrected chi connectivity index (χ1v) is 9.28. The summed E-state index contributed by atoms with van der Waals surface area (Å²) in [5, 5.41) is 5.85. The first-order valence-electron chi connectivity index (χ1n) is 9.28. The second-order valence-corrected chi connectivity index (χ2v) is 8.02. The van der Waals surface area contributed by atoms with Crippen molar-refractivity contribution in [1.82, 2.24) is 10.6 Å². The molecule has 0 saturated heterocycles. The highest BCUT2D eigenvalue weighted by Crippen LogP contribution is 2.43. The van der Waals surface area contributed by atoms with E-state index in [1.165, 1.54) is 6.42 Å². The standard InChI is InChI=1S/C19H32N2O3/c1-19(2,3)24-18(23)21-11-7-5-4-6-10-20-17(22)16-13-14-8-9-15(16)12-14/h8-9,14-16H,4-7,10-13H2,1-3H3,(H,20,22)(H,21,23). The van der Waals surface area contributed by atoms with Crippen LogP contribution in [0.5, 0.6) is 0 Å². The van der Waals surface area contributed by atoms with Gasteiger partial charge in [0.15, 0.2) is 0 Å². The molecular weight excluding hydrogens is 304 g/mol. The minimum Gasteiger partial charge on any atom is -0.444 e. The van der Waals surface area contributed by atoms with Crippen molar-refractivity contribution in [2.45, 2.75) is 64.9 Å². The van der Waals surface area contributed by atoms with Crippen LogP contribution < -0.4 is 10.6 Å². The molecule has 1 fully saturated rings. The Morgan fingerprint density at radius 3 is 2.21 bits per heavy atom. The van der Waals surface area contributed by atoms with E-state index in [2.05, 4.69) is 22.8 Å². The maximum Gasteiger partial charge on any atom is 0.407 e. The molecule has 0 aromatic carbocycles. The summed E-state index contributed by atoms with van der Waals surface area (Å²) in [6.45, 7) is 6.96. The van der Waals surface area contributed by atoms with Crippen LogP contribution in [-0.4, -0.2) is 30.7 Å². The summed E-state index contributed by atoms with van der Waals surface area (Å²) < 4.78 is 5.18. The van der Waals surface area contributed by atoms with Gasteiger partial charge in [0.2, 0.25) is 5.91 Å². The minimum absolute atomic E-state index is 0.207. The largest absolute Gasteiger partial charge is 0.444 e. The van der Waals surface area contributed by atoms with Crippen LogP contribution in [0.4, 0.5) is 4.79 Å². The SMILES string of the molecule is CC(C)(C)OC(=O)NCCCCCCNC(=O)C1CC2C=CC1C2. The normalized spacial score (nSPS) is 24.9. The summed E-state index contributed by atoms with van der Waals surface area (Å²) >= 11 is 0. The summed E-state index contributed by atoms with van der Waals surface area (Å²) in [6.07, 6.45) is 10.4. The number of amides is 2. The maximum absolute atomic E-state index is 12.2. The number of alkyl carbamates (subject to hydrolysis) is 1. The van der Waals surface area contributed by atoms with Gasteiger partial charge in [-0.05, 0) is 58.3 Å². The van der Waals surface area contributed by atoms with E-state index >= 15 is 0 Å². The maximum atomic E-state index is 12.2. The van der Waals surface area contributed by atoms with Gasteiger partial charge in [0.1, 0.15) is 5.60 Å². The van der Waals surface area contributed by atoms with Crippen molar-refractivity contribution < 1.29 is 14.3 Å². The lowest BCUT2D eigenvalue weighted by atomic mass is 9.93. The van der Waals surface area contributed by atoms with E-state index in [1.54, 1.807) is 0 Å². The number of rotatable bonds is 8. The van der Waals surface area contributed by atoms with Gasteiger partial charge in [-0.15, -0.1) is 0 Å². The van der Waals surface area contributed by atoms with Gasteiger partial charge in [0.05, 0.1) is 0 Å². The van der Waals surface area contributed by atoms with Gasteiger partial charge >= 0.3 is 6.09 Å². The number of hydrogen-bond acceptors (Lipinski definition) is 3. The average molecular weight is 336 g/mol. The second kappa shape index (κ2) is 8.54. The van der Waals surface area contributed by atoms with E-state index in [-0.39, 0.29) is 17.9 Å². The Kier molecular flexibility index (Phi) is 6.69. The Bertz CT molecular complexity index is 468. The molecule has 0 spiro atoms. The molecule has 3 unspecified atom stereocenters. The molecule has 0 aliphatic heterocycles. The Morgan fingerprint density at radius 2 is 1.67 bits per heavy atom. The van der Waals surface area contributed by atoms with Gasteiger partial charge in [-0.2, -0.15) is 0 Å². The monoisotopic (exact) mass is 336 g/mol. The number of hydrogen-bond donors (Lipinski definition) is 2. The van der Waals surface area contributed by atoms with Gasteiger partial charge in [0.25, 0.3) is 0 Å². The highest BCUT2D eigenvalue weighted by Gasteiger charge is 2.39. The first kappa shape index (κ1) is 18.8. The molecule has 5 nitrogen and oxygen atoms in total. The molecule has 0 aromatic rings. The fourth-order valence-electron chi connectivity index (χ4n) is 3.53. The molecule has 2 bridgehead atoms. The lowest BCUT2D eigenvalue weighted by Crippen LogP contribution is -2.33. The molecule has 3 atom stereocenters. The van der Waals surface area contributed by atoms with Gasteiger partial charge in [-0.25, -0.2) is 4.79 Å². The van der Waals surface area contributed by atoms with E-state index in [1.807, 2.05) is 20.8 Å². The topological polar surface area (TPSA) is 67.4 Å². The highest BCUT2D eigenvalue weighted by atomic mass is 16.6. The molecule has 136 valence electrons. The van der Waals surface area contributed by atoms with Crippen molar-refractivity contribution in [2.24, 2.45) is 17.8 Å². The molecular formula is C19H32N2O3. The number of allylic oxidation sites excluding steroid dienone is 2. The molecule has 2 rings (SSSR count). The van der Waals surface area contributed by atoms with Gasteiger partial charge < -0.3 is 15.4 Å². The van der Waals surface area contributed by atoms with Gasteiger partial charge in [-0.3, -0.25) is 4.79 Å². The Labute approximate surface area is 145 Å². The van der Waals surface area contributed by atoms with Crippen molar-refractivity contribution in [2.75, 3.05) is 13.1 Å². The van der Waals surface area contributed by atoms with Crippen molar-refractivity contribution >= 4 is 12.0 Å². The fraction of sp³-hybridized carbons (Fsp3) is 0.789. The summed E-state index contributed by atoms with van der Waals surface area (Å²) in [4.78, 5) is 23.6. The van der Waals surface area contributed by atoms with Crippen molar-refractivity contribution in [3.8, 4) is 0 Å². The molecule has 1 saturated carbocycles. The van der Waals surface area contributed by atoms with E-state index in [9.17, 15) is 9.59 Å². The van der Waals surface area contributed by atoms with Crippen LogP contribution >= 0.6 is 0 Å². The molecule has 5 heteroatoms. The quantitative estimate of drug-likeness (QED) is 0.527. The number of nitrogens with one attached hydrogen (secondary N) is 2. The fourth-order valence-corrected chi connectivity index (χ4v) is 3.53. The Balaban J connectivity index is 1.42. The predicted molar refractivity (Wildman–Crippen MR) is 94.6 cm³/mol. The molecule has 0 radical (unpaired) electrons. The van der Waals surface area contributed by atoms with Crippen LogP contribution in [0.1, 0.15) is 59.3 Å². The number of unbranched alkanes of at least 4 members (excludes halogenated alkanes) is 3. The van der Waals surface area contributed by atoms with Crippen LogP contribution in [0.2, 0.25) is 0 Å². The van der Waals surface area contributed by atoms with Crippen LogP contribution in [0.3, 0.4) is 0 Å². The molecule has 24 heavy (non-hydrogen) atoms.